The van der Waals surface area contributed by atoms with Crippen LogP contribution in [0.3, 0.4) is 0 Å². The number of esters is 1. The molecule has 0 saturated heterocycles. The van der Waals surface area contributed by atoms with Gasteiger partial charge in [0.2, 0.25) is 0 Å². The van der Waals surface area contributed by atoms with Crippen molar-refractivity contribution in [2.24, 2.45) is 34.5 Å². The van der Waals surface area contributed by atoms with Crippen molar-refractivity contribution in [3.63, 3.8) is 0 Å². The van der Waals surface area contributed by atoms with Gasteiger partial charge in [-0.25, -0.2) is 0 Å². The van der Waals surface area contributed by atoms with Gasteiger partial charge in [-0.05, 0) is 92.8 Å². The molecule has 3 saturated carbocycles. The molecule has 0 amide bonds. The molecule has 4 aliphatic rings. The molecule has 0 aromatic heterocycles. The van der Waals surface area contributed by atoms with Gasteiger partial charge >= 0.3 is 5.97 Å². The third-order valence-electron chi connectivity index (χ3n) is 10.8. The van der Waals surface area contributed by atoms with Gasteiger partial charge in [-0.3, -0.25) is 4.79 Å². The van der Waals surface area contributed by atoms with Gasteiger partial charge in [-0.1, -0.05) is 70.9 Å². The Kier molecular flexibility index (Phi) is 8.24. The first-order valence-electron chi connectivity index (χ1n) is 14.3. The summed E-state index contributed by atoms with van der Waals surface area (Å²) in [7, 11) is 0. The van der Waals surface area contributed by atoms with Crippen LogP contribution in [-0.4, -0.2) is 17.5 Å². The van der Waals surface area contributed by atoms with Gasteiger partial charge in [0, 0.05) is 6.42 Å². The molecule has 0 N–H and O–H groups in total. The van der Waals surface area contributed by atoms with Crippen molar-refractivity contribution in [1.82, 2.24) is 0 Å². The number of carbonyl (C=O) groups is 1. The molecule has 0 bridgehead atoms. The van der Waals surface area contributed by atoms with Crippen molar-refractivity contribution in [2.45, 2.75) is 135 Å². The highest BCUT2D eigenvalue weighted by Gasteiger charge is 2.58. The molecule has 0 unspecified atom stereocenters. The SMILES string of the molecule is CCCCCCCC[C@@H]1CC[C@@H]2[C@@H]3CC=C4C[C@@H](OC(=O)[C@H](C)Cl)CC[C@]4(C)[C@H]3CC[C@]12C. The quantitative estimate of drug-likeness (QED) is 0.144. The molecule has 0 aliphatic heterocycles. The fourth-order valence-electron chi connectivity index (χ4n) is 8.74. The van der Waals surface area contributed by atoms with Gasteiger partial charge in [-0.15, -0.1) is 11.6 Å². The van der Waals surface area contributed by atoms with Crippen molar-refractivity contribution in [2.75, 3.05) is 0 Å². The van der Waals surface area contributed by atoms with Crippen molar-refractivity contribution in [1.29, 1.82) is 0 Å². The number of hydrogen-bond donors (Lipinski definition) is 0. The Bertz CT molecular complexity index is 714. The van der Waals surface area contributed by atoms with Crippen LogP contribution in [0.1, 0.15) is 124 Å². The van der Waals surface area contributed by atoms with Crippen LogP contribution in [-0.2, 0) is 9.53 Å². The van der Waals surface area contributed by atoms with Gasteiger partial charge in [0.1, 0.15) is 11.5 Å². The molecule has 2 nitrogen and oxygen atoms in total. The van der Waals surface area contributed by atoms with Gasteiger partial charge in [0.05, 0.1) is 0 Å². The van der Waals surface area contributed by atoms with Crippen molar-refractivity contribution in [3.8, 4) is 0 Å². The molecular weight excluding hydrogens is 428 g/mol. The number of unbranched alkanes of at least 4 members (excludes halogenated alkanes) is 5. The van der Waals surface area contributed by atoms with E-state index in [0.29, 0.717) is 10.8 Å². The molecule has 0 aromatic carbocycles. The van der Waals surface area contributed by atoms with E-state index in [4.69, 9.17) is 16.3 Å². The maximum atomic E-state index is 12.0. The third-order valence-corrected chi connectivity index (χ3v) is 10.9. The predicted molar refractivity (Wildman–Crippen MR) is 138 cm³/mol. The number of halogens is 1. The fraction of sp³-hybridized carbons (Fsp3) is 0.900. The van der Waals surface area contributed by atoms with Crippen LogP contribution in [0.5, 0.6) is 0 Å². The van der Waals surface area contributed by atoms with E-state index in [2.05, 4.69) is 26.8 Å². The number of ether oxygens (including phenoxy) is 1. The summed E-state index contributed by atoms with van der Waals surface area (Å²) in [5, 5.41) is -0.550. The summed E-state index contributed by atoms with van der Waals surface area (Å²) in [6, 6.07) is 0. The maximum absolute atomic E-state index is 12.0. The summed E-state index contributed by atoms with van der Waals surface area (Å²) < 4.78 is 5.74. The lowest BCUT2D eigenvalue weighted by molar-refractivity contribution is -0.150. The molecule has 188 valence electrons. The van der Waals surface area contributed by atoms with Gasteiger partial charge < -0.3 is 4.74 Å². The highest BCUT2D eigenvalue weighted by molar-refractivity contribution is 6.29. The minimum absolute atomic E-state index is 0.0246. The Balaban J connectivity index is 1.38. The molecule has 0 radical (unpaired) electrons. The van der Waals surface area contributed by atoms with E-state index in [1.807, 2.05) is 0 Å². The lowest BCUT2D eigenvalue weighted by Crippen LogP contribution is -2.50. The van der Waals surface area contributed by atoms with Gasteiger partial charge in [-0.2, -0.15) is 0 Å². The Morgan fingerprint density at radius 1 is 1.06 bits per heavy atom. The zero-order valence-electron chi connectivity index (χ0n) is 21.8. The first-order valence-corrected chi connectivity index (χ1v) is 14.8. The molecule has 4 rings (SSSR count). The monoisotopic (exact) mass is 476 g/mol. The lowest BCUT2D eigenvalue weighted by atomic mass is 9.47. The lowest BCUT2D eigenvalue weighted by Gasteiger charge is -2.58. The molecule has 0 spiro atoms. The minimum Gasteiger partial charge on any atom is -0.461 e. The molecule has 0 aromatic rings. The standard InChI is InChI=1S/C30H49ClO2/c1-5-6-7-8-9-10-11-22-13-15-26-25-14-12-23-20-24(33-28(32)21(2)31)16-18-30(23,4)27(25)17-19-29(22,26)3/h12,21-22,24-27H,5-11,13-20H2,1-4H3/t21-,22+,24-,25-,26+,27-,29+,30-/m0/s1. The third kappa shape index (κ3) is 5.07. The second-order valence-corrected chi connectivity index (χ2v) is 13.2. The first-order chi connectivity index (χ1) is 15.8. The van der Waals surface area contributed by atoms with Crippen molar-refractivity contribution in [3.05, 3.63) is 11.6 Å². The number of allylic oxidation sites excluding steroid dienone is 1. The smallest absolute Gasteiger partial charge is 0.324 e. The van der Waals surface area contributed by atoms with E-state index in [9.17, 15) is 4.79 Å². The average Bonchev–Trinajstić information content (AvgIpc) is 3.12. The molecule has 3 heteroatoms. The minimum atomic E-state index is -0.550. The van der Waals surface area contributed by atoms with Crippen molar-refractivity contribution >= 4 is 17.6 Å². The van der Waals surface area contributed by atoms with Crippen LogP contribution in [0.15, 0.2) is 11.6 Å². The summed E-state index contributed by atoms with van der Waals surface area (Å²) in [6.07, 6.45) is 22.7. The van der Waals surface area contributed by atoms with Crippen LogP contribution in [0, 0.1) is 34.5 Å². The van der Waals surface area contributed by atoms with Crippen molar-refractivity contribution < 1.29 is 9.53 Å². The Morgan fingerprint density at radius 3 is 2.58 bits per heavy atom. The highest BCUT2D eigenvalue weighted by atomic mass is 35.5. The van der Waals surface area contributed by atoms with E-state index in [1.54, 1.807) is 12.5 Å². The van der Waals surface area contributed by atoms with E-state index < -0.39 is 5.38 Å². The second kappa shape index (κ2) is 10.6. The Labute approximate surface area is 208 Å². The molecule has 8 atom stereocenters. The highest BCUT2D eigenvalue weighted by Crippen LogP contribution is 2.66. The van der Waals surface area contributed by atoms with Crippen LogP contribution < -0.4 is 0 Å². The number of rotatable bonds is 9. The average molecular weight is 477 g/mol. The molecular formula is C30H49ClO2. The van der Waals surface area contributed by atoms with E-state index in [-0.39, 0.29) is 12.1 Å². The number of fused-ring (bicyclic) bond motifs is 5. The molecule has 33 heavy (non-hydrogen) atoms. The normalized spacial score (nSPS) is 40.9. The molecule has 0 heterocycles. The Hall–Kier alpha value is -0.500. The zero-order chi connectivity index (χ0) is 23.6. The zero-order valence-corrected chi connectivity index (χ0v) is 22.6. The van der Waals surface area contributed by atoms with Crippen LogP contribution in [0.2, 0.25) is 0 Å². The summed E-state index contributed by atoms with van der Waals surface area (Å²) in [4.78, 5) is 12.0. The summed E-state index contributed by atoms with van der Waals surface area (Å²) in [5.74, 6) is 3.32. The predicted octanol–water partition coefficient (Wildman–Crippen LogP) is 8.86. The summed E-state index contributed by atoms with van der Waals surface area (Å²) in [5.41, 5.74) is 2.48. The summed E-state index contributed by atoms with van der Waals surface area (Å²) in [6.45, 7) is 9.24. The molecule has 3 fully saturated rings. The van der Waals surface area contributed by atoms with E-state index in [0.717, 1.165) is 36.5 Å². The van der Waals surface area contributed by atoms with Crippen LogP contribution >= 0.6 is 11.6 Å². The maximum Gasteiger partial charge on any atom is 0.324 e. The number of alkyl halides is 1. The fourth-order valence-corrected chi connectivity index (χ4v) is 8.79. The van der Waals surface area contributed by atoms with Crippen LogP contribution in [0.4, 0.5) is 0 Å². The second-order valence-electron chi connectivity index (χ2n) is 12.6. The summed E-state index contributed by atoms with van der Waals surface area (Å²) >= 11 is 5.95. The van der Waals surface area contributed by atoms with Crippen LogP contribution in [0.25, 0.3) is 0 Å². The van der Waals surface area contributed by atoms with Gasteiger partial charge in [0.15, 0.2) is 0 Å². The number of carbonyl (C=O) groups excluding carboxylic acids is 1. The van der Waals surface area contributed by atoms with E-state index in [1.165, 1.54) is 83.5 Å². The van der Waals surface area contributed by atoms with Gasteiger partial charge in [0.25, 0.3) is 0 Å². The van der Waals surface area contributed by atoms with E-state index >= 15 is 0 Å². The molecule has 4 aliphatic carbocycles. The number of hydrogen-bond acceptors (Lipinski definition) is 2. The Morgan fingerprint density at radius 2 is 1.82 bits per heavy atom. The first kappa shape index (κ1) is 25.6. The largest absolute Gasteiger partial charge is 0.461 e. The topological polar surface area (TPSA) is 26.3 Å².